The molecule has 0 bridgehead atoms. The van der Waals surface area contributed by atoms with Crippen LogP contribution in [0.25, 0.3) is 0 Å². The van der Waals surface area contributed by atoms with Crippen molar-refractivity contribution < 1.29 is 4.79 Å². The molecular formula is C17H12ClNO. The van der Waals surface area contributed by atoms with Crippen LogP contribution in [0.3, 0.4) is 0 Å². The first-order valence-corrected chi connectivity index (χ1v) is 6.67. The number of benzene rings is 2. The Hall–Kier alpha value is -2.24. The summed E-state index contributed by atoms with van der Waals surface area (Å²) in [4.78, 5) is 12.2. The third-order valence-electron chi connectivity index (χ3n) is 3.66. The van der Waals surface area contributed by atoms with Gasteiger partial charge < -0.3 is 5.32 Å². The molecule has 2 aromatic carbocycles. The molecule has 2 nitrogen and oxygen atoms in total. The van der Waals surface area contributed by atoms with Crippen LogP contribution >= 0.6 is 11.6 Å². The zero-order valence-electron chi connectivity index (χ0n) is 10.7. The van der Waals surface area contributed by atoms with Crippen LogP contribution in [0.2, 0.25) is 5.02 Å². The summed E-state index contributed by atoms with van der Waals surface area (Å²) < 4.78 is 0. The molecule has 0 saturated carbocycles. The molecule has 0 aromatic heterocycles. The van der Waals surface area contributed by atoms with Crippen molar-refractivity contribution in [3.8, 4) is 12.3 Å². The number of carbonyl (C=O) groups excluding carboxylic acids is 1. The summed E-state index contributed by atoms with van der Waals surface area (Å²) >= 11 is 5.94. The fourth-order valence-corrected chi connectivity index (χ4v) is 2.86. The summed E-state index contributed by atoms with van der Waals surface area (Å²) in [5, 5.41) is 3.70. The van der Waals surface area contributed by atoms with E-state index in [1.165, 1.54) is 0 Å². The molecule has 0 saturated heterocycles. The molecule has 1 aliphatic heterocycles. The Morgan fingerprint density at radius 3 is 2.55 bits per heavy atom. The Labute approximate surface area is 122 Å². The highest BCUT2D eigenvalue weighted by atomic mass is 35.5. The van der Waals surface area contributed by atoms with Gasteiger partial charge in [-0.3, -0.25) is 4.79 Å². The van der Waals surface area contributed by atoms with E-state index in [2.05, 4.69) is 11.2 Å². The molecule has 1 aliphatic rings. The fraction of sp³-hybridized carbons (Fsp3) is 0.118. The van der Waals surface area contributed by atoms with Gasteiger partial charge in [-0.25, -0.2) is 0 Å². The molecule has 0 spiro atoms. The highest BCUT2D eigenvalue weighted by molar-refractivity contribution is 6.30. The Morgan fingerprint density at radius 1 is 1.15 bits per heavy atom. The van der Waals surface area contributed by atoms with Crippen molar-refractivity contribution >= 4 is 17.5 Å². The van der Waals surface area contributed by atoms with Crippen LogP contribution in [0.4, 0.5) is 0 Å². The van der Waals surface area contributed by atoms with Gasteiger partial charge in [0.1, 0.15) is 5.54 Å². The zero-order chi connectivity index (χ0) is 14.2. The number of carbonyl (C=O) groups is 1. The summed E-state index contributed by atoms with van der Waals surface area (Å²) in [6.07, 6.45) is 5.94. The average molecular weight is 282 g/mol. The van der Waals surface area contributed by atoms with Gasteiger partial charge >= 0.3 is 0 Å². The van der Waals surface area contributed by atoms with Gasteiger partial charge in [-0.15, -0.1) is 12.3 Å². The van der Waals surface area contributed by atoms with E-state index in [1.807, 2.05) is 48.5 Å². The van der Waals surface area contributed by atoms with E-state index < -0.39 is 5.54 Å². The smallest absolute Gasteiger partial charge is 0.252 e. The molecular weight excluding hydrogens is 270 g/mol. The van der Waals surface area contributed by atoms with Crippen molar-refractivity contribution in [2.45, 2.75) is 12.0 Å². The minimum atomic E-state index is -0.660. The predicted octanol–water partition coefficient (Wildman–Crippen LogP) is 3.35. The molecule has 0 fully saturated rings. The first-order valence-electron chi connectivity index (χ1n) is 6.29. The number of rotatable bonds is 2. The van der Waals surface area contributed by atoms with Gasteiger partial charge in [0.15, 0.2) is 0 Å². The Morgan fingerprint density at radius 2 is 1.85 bits per heavy atom. The Balaban J connectivity index is 2.23. The van der Waals surface area contributed by atoms with E-state index in [0.717, 1.165) is 11.1 Å². The maximum atomic E-state index is 12.2. The third-order valence-corrected chi connectivity index (χ3v) is 3.91. The molecule has 3 heteroatoms. The van der Waals surface area contributed by atoms with E-state index in [0.29, 0.717) is 17.0 Å². The van der Waals surface area contributed by atoms with Crippen molar-refractivity contribution in [1.29, 1.82) is 0 Å². The normalized spacial score (nSPS) is 20.1. The van der Waals surface area contributed by atoms with Crippen LogP contribution in [-0.2, 0) is 5.54 Å². The van der Waals surface area contributed by atoms with Crippen LogP contribution in [0.5, 0.6) is 0 Å². The maximum absolute atomic E-state index is 12.2. The number of hydrogen-bond donors (Lipinski definition) is 1. The van der Waals surface area contributed by atoms with Gasteiger partial charge in [0.2, 0.25) is 0 Å². The van der Waals surface area contributed by atoms with Crippen molar-refractivity contribution in [2.24, 2.45) is 0 Å². The van der Waals surface area contributed by atoms with E-state index in [1.54, 1.807) is 0 Å². The second kappa shape index (κ2) is 4.70. The molecule has 1 heterocycles. The average Bonchev–Trinajstić information content (AvgIpc) is 2.75. The second-order valence-electron chi connectivity index (χ2n) is 4.79. The lowest BCUT2D eigenvalue weighted by atomic mass is 9.81. The van der Waals surface area contributed by atoms with Gasteiger partial charge in [-0.05, 0) is 29.3 Å². The Kier molecular flexibility index (Phi) is 3.00. The number of terminal acetylenes is 1. The minimum absolute atomic E-state index is 0.0919. The first kappa shape index (κ1) is 12.8. The summed E-state index contributed by atoms with van der Waals surface area (Å²) in [5.74, 6) is 2.59. The fourth-order valence-electron chi connectivity index (χ4n) is 2.74. The monoisotopic (exact) mass is 281 g/mol. The van der Waals surface area contributed by atoms with Crippen molar-refractivity contribution in [1.82, 2.24) is 5.32 Å². The van der Waals surface area contributed by atoms with E-state index in [9.17, 15) is 4.79 Å². The highest BCUT2D eigenvalue weighted by Crippen LogP contribution is 2.39. The summed E-state index contributed by atoms with van der Waals surface area (Å²) in [6.45, 7) is 0. The molecule has 20 heavy (non-hydrogen) atoms. The summed E-state index contributed by atoms with van der Waals surface area (Å²) in [5.41, 5.74) is 1.88. The van der Waals surface area contributed by atoms with Crippen LogP contribution in [0, 0.1) is 12.3 Å². The van der Waals surface area contributed by atoms with Gasteiger partial charge in [0.25, 0.3) is 5.91 Å². The van der Waals surface area contributed by atoms with Crippen molar-refractivity contribution in [2.75, 3.05) is 0 Å². The second-order valence-corrected chi connectivity index (χ2v) is 5.23. The van der Waals surface area contributed by atoms with E-state index in [-0.39, 0.29) is 5.91 Å². The van der Waals surface area contributed by atoms with Gasteiger partial charge in [-0.1, -0.05) is 41.9 Å². The molecule has 98 valence electrons. The quantitative estimate of drug-likeness (QED) is 0.841. The minimum Gasteiger partial charge on any atom is -0.337 e. The van der Waals surface area contributed by atoms with Gasteiger partial charge in [0.05, 0.1) is 0 Å². The van der Waals surface area contributed by atoms with Crippen LogP contribution in [0.15, 0.2) is 48.5 Å². The zero-order valence-corrected chi connectivity index (χ0v) is 11.4. The maximum Gasteiger partial charge on any atom is 0.252 e. The molecule has 1 unspecified atom stereocenters. The number of hydrogen-bond acceptors (Lipinski definition) is 1. The lowest BCUT2D eigenvalue weighted by molar-refractivity contribution is 0.0941. The predicted molar refractivity (Wildman–Crippen MR) is 79.6 cm³/mol. The Bertz CT molecular complexity index is 715. The largest absolute Gasteiger partial charge is 0.337 e. The van der Waals surface area contributed by atoms with Crippen molar-refractivity contribution in [3.63, 3.8) is 0 Å². The number of halogens is 1. The van der Waals surface area contributed by atoms with Crippen LogP contribution in [0.1, 0.15) is 27.9 Å². The molecule has 2 aromatic rings. The summed E-state index contributed by atoms with van der Waals surface area (Å²) in [6, 6.07) is 15.0. The van der Waals surface area contributed by atoms with Crippen LogP contribution in [-0.4, -0.2) is 5.91 Å². The summed E-state index contributed by atoms with van der Waals surface area (Å²) in [7, 11) is 0. The third kappa shape index (κ3) is 1.79. The highest BCUT2D eigenvalue weighted by Gasteiger charge is 2.43. The van der Waals surface area contributed by atoms with Gasteiger partial charge in [0, 0.05) is 17.0 Å². The molecule has 0 aliphatic carbocycles. The van der Waals surface area contributed by atoms with E-state index >= 15 is 0 Å². The van der Waals surface area contributed by atoms with Gasteiger partial charge in [-0.2, -0.15) is 0 Å². The lowest BCUT2D eigenvalue weighted by Gasteiger charge is -2.29. The molecule has 3 rings (SSSR count). The SMILES string of the molecule is C#CCC1(c2ccc(Cl)cc2)NC(=O)c2ccccc21. The lowest BCUT2D eigenvalue weighted by Crippen LogP contribution is -2.40. The van der Waals surface area contributed by atoms with Crippen LogP contribution < -0.4 is 5.32 Å². The number of nitrogens with one attached hydrogen (secondary N) is 1. The van der Waals surface area contributed by atoms with Crippen molar-refractivity contribution in [3.05, 3.63) is 70.2 Å². The number of fused-ring (bicyclic) bond motifs is 1. The van der Waals surface area contributed by atoms with E-state index in [4.69, 9.17) is 18.0 Å². The molecule has 1 atom stereocenters. The standard InChI is InChI=1S/C17H12ClNO/c1-2-11-17(12-7-9-13(18)10-8-12)15-6-4-3-5-14(15)16(20)19-17/h1,3-10H,11H2,(H,19,20). The molecule has 0 radical (unpaired) electrons. The molecule has 1 amide bonds. The first-order chi connectivity index (χ1) is 9.67. The number of amides is 1. The topological polar surface area (TPSA) is 29.1 Å². The molecule has 1 N–H and O–H groups in total.